The SMILES string of the molecule is COc1ccccc1OCCC(CNC(C)(C)C)C(C)C. The van der Waals surface area contributed by atoms with E-state index in [4.69, 9.17) is 9.47 Å². The Kier molecular flexibility index (Phi) is 7.03. The second kappa shape index (κ2) is 8.28. The van der Waals surface area contributed by atoms with E-state index in [0.29, 0.717) is 11.8 Å². The average Bonchev–Trinajstić information content (AvgIpc) is 2.41. The molecule has 0 aromatic heterocycles. The zero-order chi connectivity index (χ0) is 15.9. The molecule has 0 bridgehead atoms. The fraction of sp³-hybridized carbons (Fsp3) is 0.667. The molecule has 0 fully saturated rings. The summed E-state index contributed by atoms with van der Waals surface area (Å²) in [6.45, 7) is 12.9. The van der Waals surface area contributed by atoms with Crippen LogP contribution in [0.5, 0.6) is 11.5 Å². The van der Waals surface area contributed by atoms with E-state index in [1.807, 2.05) is 24.3 Å². The van der Waals surface area contributed by atoms with Crippen LogP contribution in [0.15, 0.2) is 24.3 Å². The summed E-state index contributed by atoms with van der Waals surface area (Å²) >= 11 is 0. The first-order valence-corrected chi connectivity index (χ1v) is 7.84. The summed E-state index contributed by atoms with van der Waals surface area (Å²) in [5.74, 6) is 2.87. The van der Waals surface area contributed by atoms with E-state index in [9.17, 15) is 0 Å². The van der Waals surface area contributed by atoms with Gasteiger partial charge in [-0.05, 0) is 57.7 Å². The molecule has 0 radical (unpaired) electrons. The lowest BCUT2D eigenvalue weighted by atomic mass is 9.92. The van der Waals surface area contributed by atoms with Crippen molar-refractivity contribution in [2.45, 2.75) is 46.6 Å². The fourth-order valence-electron chi connectivity index (χ4n) is 2.17. The highest BCUT2D eigenvalue weighted by Gasteiger charge is 2.17. The Morgan fingerprint density at radius 1 is 1.10 bits per heavy atom. The Morgan fingerprint density at radius 2 is 1.71 bits per heavy atom. The predicted octanol–water partition coefficient (Wildman–Crippen LogP) is 4.12. The summed E-state index contributed by atoms with van der Waals surface area (Å²) in [7, 11) is 1.67. The maximum Gasteiger partial charge on any atom is 0.161 e. The summed E-state index contributed by atoms with van der Waals surface area (Å²) in [5.41, 5.74) is 0.163. The molecule has 0 spiro atoms. The monoisotopic (exact) mass is 293 g/mol. The first-order chi connectivity index (χ1) is 9.83. The van der Waals surface area contributed by atoms with Crippen molar-refractivity contribution >= 4 is 0 Å². The lowest BCUT2D eigenvalue weighted by Crippen LogP contribution is -2.40. The van der Waals surface area contributed by atoms with Crippen LogP contribution in [0.3, 0.4) is 0 Å². The highest BCUT2D eigenvalue weighted by molar-refractivity contribution is 5.39. The highest BCUT2D eigenvalue weighted by Crippen LogP contribution is 2.26. The molecule has 0 amide bonds. The fourth-order valence-corrected chi connectivity index (χ4v) is 2.17. The van der Waals surface area contributed by atoms with Gasteiger partial charge in [-0.3, -0.25) is 0 Å². The molecule has 1 atom stereocenters. The Bertz CT molecular complexity index is 410. The number of para-hydroxylation sites is 2. The number of nitrogens with one attached hydrogen (secondary N) is 1. The molecule has 0 aliphatic rings. The van der Waals surface area contributed by atoms with E-state index in [0.717, 1.165) is 31.1 Å². The van der Waals surface area contributed by atoms with Gasteiger partial charge < -0.3 is 14.8 Å². The van der Waals surface area contributed by atoms with Gasteiger partial charge in [0.2, 0.25) is 0 Å². The third-order valence-corrected chi connectivity index (χ3v) is 3.65. The quantitative estimate of drug-likeness (QED) is 0.782. The van der Waals surface area contributed by atoms with Gasteiger partial charge in [0.05, 0.1) is 13.7 Å². The second-order valence-corrected chi connectivity index (χ2v) is 6.92. The van der Waals surface area contributed by atoms with E-state index in [1.54, 1.807) is 7.11 Å². The van der Waals surface area contributed by atoms with Crippen LogP contribution in [0.2, 0.25) is 0 Å². The molecule has 1 aromatic rings. The van der Waals surface area contributed by atoms with E-state index >= 15 is 0 Å². The molecule has 21 heavy (non-hydrogen) atoms. The lowest BCUT2D eigenvalue weighted by Gasteiger charge is -2.27. The zero-order valence-electron chi connectivity index (χ0n) is 14.4. The molecule has 3 nitrogen and oxygen atoms in total. The first kappa shape index (κ1) is 17.8. The van der Waals surface area contributed by atoms with Crippen molar-refractivity contribution < 1.29 is 9.47 Å². The lowest BCUT2D eigenvalue weighted by molar-refractivity contribution is 0.226. The molecule has 1 rings (SSSR count). The molecule has 1 N–H and O–H groups in total. The van der Waals surface area contributed by atoms with Crippen LogP contribution in [-0.2, 0) is 0 Å². The minimum absolute atomic E-state index is 0.163. The van der Waals surface area contributed by atoms with Gasteiger partial charge in [0.15, 0.2) is 11.5 Å². The van der Waals surface area contributed by atoms with Gasteiger partial charge in [0.1, 0.15) is 0 Å². The van der Waals surface area contributed by atoms with Gasteiger partial charge in [-0.1, -0.05) is 26.0 Å². The largest absolute Gasteiger partial charge is 0.493 e. The van der Waals surface area contributed by atoms with Crippen molar-refractivity contribution in [2.24, 2.45) is 11.8 Å². The summed E-state index contributed by atoms with van der Waals surface area (Å²) < 4.78 is 11.2. The van der Waals surface area contributed by atoms with Crippen LogP contribution in [0.25, 0.3) is 0 Å². The minimum Gasteiger partial charge on any atom is -0.493 e. The van der Waals surface area contributed by atoms with Gasteiger partial charge in [-0.2, -0.15) is 0 Å². The van der Waals surface area contributed by atoms with E-state index in [2.05, 4.69) is 39.9 Å². The Hall–Kier alpha value is -1.22. The normalized spacial score (nSPS) is 13.3. The van der Waals surface area contributed by atoms with Gasteiger partial charge in [0.25, 0.3) is 0 Å². The Balaban J connectivity index is 2.46. The van der Waals surface area contributed by atoms with Gasteiger partial charge in [0, 0.05) is 5.54 Å². The predicted molar refractivity (Wildman–Crippen MR) is 89.2 cm³/mol. The van der Waals surface area contributed by atoms with Crippen LogP contribution in [0, 0.1) is 11.8 Å². The van der Waals surface area contributed by atoms with Crippen molar-refractivity contribution in [3.8, 4) is 11.5 Å². The molecular weight excluding hydrogens is 262 g/mol. The minimum atomic E-state index is 0.163. The maximum absolute atomic E-state index is 5.89. The smallest absolute Gasteiger partial charge is 0.161 e. The van der Waals surface area contributed by atoms with Crippen LogP contribution in [0.4, 0.5) is 0 Å². The number of ether oxygens (including phenoxy) is 2. The molecule has 0 aliphatic carbocycles. The van der Waals surface area contributed by atoms with Crippen LogP contribution >= 0.6 is 0 Å². The molecule has 0 heterocycles. The summed E-state index contributed by atoms with van der Waals surface area (Å²) in [6.07, 6.45) is 1.04. The number of hydrogen-bond acceptors (Lipinski definition) is 3. The van der Waals surface area contributed by atoms with Crippen LogP contribution in [0.1, 0.15) is 41.0 Å². The third-order valence-electron chi connectivity index (χ3n) is 3.65. The molecule has 0 saturated carbocycles. The van der Waals surface area contributed by atoms with Crippen molar-refractivity contribution in [3.05, 3.63) is 24.3 Å². The molecule has 0 aliphatic heterocycles. The second-order valence-electron chi connectivity index (χ2n) is 6.92. The summed E-state index contributed by atoms with van der Waals surface area (Å²) in [4.78, 5) is 0. The number of rotatable bonds is 8. The summed E-state index contributed by atoms with van der Waals surface area (Å²) in [6, 6.07) is 7.81. The van der Waals surface area contributed by atoms with E-state index in [1.165, 1.54) is 0 Å². The van der Waals surface area contributed by atoms with E-state index in [-0.39, 0.29) is 5.54 Å². The van der Waals surface area contributed by atoms with Gasteiger partial charge >= 0.3 is 0 Å². The number of benzene rings is 1. The topological polar surface area (TPSA) is 30.5 Å². The highest BCUT2D eigenvalue weighted by atomic mass is 16.5. The zero-order valence-corrected chi connectivity index (χ0v) is 14.4. The summed E-state index contributed by atoms with van der Waals surface area (Å²) in [5, 5.41) is 3.59. The molecular formula is C18H31NO2. The van der Waals surface area contributed by atoms with Crippen molar-refractivity contribution in [1.29, 1.82) is 0 Å². The van der Waals surface area contributed by atoms with Gasteiger partial charge in [-0.25, -0.2) is 0 Å². The van der Waals surface area contributed by atoms with Crippen molar-refractivity contribution in [3.63, 3.8) is 0 Å². The average molecular weight is 293 g/mol. The maximum atomic E-state index is 5.89. The molecule has 1 aromatic carbocycles. The standard InChI is InChI=1S/C18H31NO2/c1-14(2)15(13-19-18(3,4)5)11-12-21-17-10-8-7-9-16(17)20-6/h7-10,14-15,19H,11-13H2,1-6H3. The Morgan fingerprint density at radius 3 is 2.24 bits per heavy atom. The Labute approximate surface area is 130 Å². The van der Waals surface area contributed by atoms with Crippen molar-refractivity contribution in [1.82, 2.24) is 5.32 Å². The molecule has 1 unspecified atom stereocenters. The first-order valence-electron chi connectivity index (χ1n) is 7.84. The van der Waals surface area contributed by atoms with Crippen LogP contribution < -0.4 is 14.8 Å². The third kappa shape index (κ3) is 6.85. The number of methoxy groups -OCH3 is 1. The van der Waals surface area contributed by atoms with Crippen LogP contribution in [-0.4, -0.2) is 25.8 Å². The van der Waals surface area contributed by atoms with E-state index < -0.39 is 0 Å². The van der Waals surface area contributed by atoms with Crippen molar-refractivity contribution in [2.75, 3.05) is 20.3 Å². The molecule has 3 heteroatoms. The number of hydrogen-bond donors (Lipinski definition) is 1. The molecule has 120 valence electrons. The van der Waals surface area contributed by atoms with Gasteiger partial charge in [-0.15, -0.1) is 0 Å². The molecule has 0 saturated heterocycles.